The molecule has 1 saturated carbocycles. The van der Waals surface area contributed by atoms with Crippen LogP contribution in [0.25, 0.3) is 0 Å². The van der Waals surface area contributed by atoms with E-state index in [1.165, 1.54) is 25.7 Å². The van der Waals surface area contributed by atoms with Gasteiger partial charge in [0.05, 0.1) is 6.61 Å². The van der Waals surface area contributed by atoms with Crippen LogP contribution in [0.4, 0.5) is 0 Å². The molecule has 2 N–H and O–H groups in total. The van der Waals surface area contributed by atoms with Gasteiger partial charge in [0.15, 0.2) is 0 Å². The third-order valence-electron chi connectivity index (χ3n) is 6.11. The fourth-order valence-corrected chi connectivity index (χ4v) is 4.30. The lowest BCUT2D eigenvalue weighted by molar-refractivity contribution is -0.130. The summed E-state index contributed by atoms with van der Waals surface area (Å²) in [5.74, 6) is 1.09. The Balaban J connectivity index is 1.89. The molecule has 0 spiro atoms. The fraction of sp³-hybridized carbons (Fsp3) is 0.542. The quantitative estimate of drug-likeness (QED) is 0.525. The molecule has 3 rings (SSSR count). The van der Waals surface area contributed by atoms with Gasteiger partial charge in [-0.2, -0.15) is 0 Å². The molecule has 1 aliphatic heterocycles. The number of nitrogens with one attached hydrogen (secondary N) is 1. The van der Waals surface area contributed by atoms with Gasteiger partial charge >= 0.3 is 0 Å². The smallest absolute Gasteiger partial charge is 0.273 e. The summed E-state index contributed by atoms with van der Waals surface area (Å²) in [7, 11) is 3.61. The minimum Gasteiger partial charge on any atom is -0.396 e. The van der Waals surface area contributed by atoms with Crippen molar-refractivity contribution < 1.29 is 14.6 Å². The Morgan fingerprint density at radius 3 is 2.62 bits per heavy atom. The van der Waals surface area contributed by atoms with E-state index in [1.807, 2.05) is 36.2 Å². The molecule has 7 nitrogen and oxygen atoms in total. The lowest BCUT2D eigenvalue weighted by Gasteiger charge is -2.30. The van der Waals surface area contributed by atoms with Gasteiger partial charge in [-0.05, 0) is 49.1 Å². The molecular formula is C24H35ClN4O3. The molecule has 0 saturated heterocycles. The number of aliphatic hydroxyl groups is 1. The van der Waals surface area contributed by atoms with Gasteiger partial charge < -0.3 is 29.9 Å². The molecule has 0 bridgehead atoms. The van der Waals surface area contributed by atoms with Crippen LogP contribution in [0.2, 0.25) is 5.02 Å². The number of halogens is 1. The van der Waals surface area contributed by atoms with E-state index in [1.54, 1.807) is 23.0 Å². The van der Waals surface area contributed by atoms with E-state index in [9.17, 15) is 9.90 Å². The maximum absolute atomic E-state index is 13.5. The highest BCUT2D eigenvalue weighted by Gasteiger charge is 2.39. The summed E-state index contributed by atoms with van der Waals surface area (Å²) >= 11 is 6.07. The summed E-state index contributed by atoms with van der Waals surface area (Å²) in [5.41, 5.74) is 1.55. The van der Waals surface area contributed by atoms with Gasteiger partial charge in [-0.3, -0.25) is 4.79 Å². The van der Waals surface area contributed by atoms with Crippen LogP contribution in [0, 0.1) is 5.92 Å². The number of amides is 1. The summed E-state index contributed by atoms with van der Waals surface area (Å²) in [4.78, 5) is 18.9. The van der Waals surface area contributed by atoms with Crippen molar-refractivity contribution in [2.45, 2.75) is 45.0 Å². The standard InChI is InChI=1S/C24H35ClN4O3/c1-4-27(2)22-21(23(31)28(3)14-7-15-30)29(16-18-10-12-20(25)13-11-18)24(26-22)32-17-19-8-5-6-9-19/h4,10-13,19,24,26,30H,1,5-9,14-17H2,2-3H3. The van der Waals surface area contributed by atoms with E-state index in [0.29, 0.717) is 48.6 Å². The maximum atomic E-state index is 13.5. The van der Waals surface area contributed by atoms with Crippen molar-refractivity contribution in [2.24, 2.45) is 5.92 Å². The summed E-state index contributed by atoms with van der Waals surface area (Å²) in [5, 5.41) is 13.3. The number of carbonyl (C=O) groups excluding carboxylic acids is 1. The molecule has 2 aliphatic rings. The van der Waals surface area contributed by atoms with Gasteiger partial charge in [0.25, 0.3) is 5.91 Å². The van der Waals surface area contributed by atoms with Crippen LogP contribution < -0.4 is 5.32 Å². The van der Waals surface area contributed by atoms with Crippen LogP contribution in [0.3, 0.4) is 0 Å². The minimum absolute atomic E-state index is 0.0376. The summed E-state index contributed by atoms with van der Waals surface area (Å²) < 4.78 is 6.34. The molecule has 1 unspecified atom stereocenters. The first-order valence-electron chi connectivity index (χ1n) is 11.3. The first-order chi connectivity index (χ1) is 15.4. The third-order valence-corrected chi connectivity index (χ3v) is 6.36. The number of hydrogen-bond acceptors (Lipinski definition) is 6. The number of ether oxygens (including phenoxy) is 1. The fourth-order valence-electron chi connectivity index (χ4n) is 4.18. The number of benzene rings is 1. The highest BCUT2D eigenvalue weighted by molar-refractivity contribution is 6.30. The highest BCUT2D eigenvalue weighted by atomic mass is 35.5. The molecule has 0 aromatic heterocycles. The minimum atomic E-state index is -0.464. The van der Waals surface area contributed by atoms with E-state index >= 15 is 0 Å². The summed E-state index contributed by atoms with van der Waals surface area (Å²) in [6.45, 7) is 5.51. The van der Waals surface area contributed by atoms with E-state index in [0.717, 1.165) is 5.56 Å². The van der Waals surface area contributed by atoms with Crippen molar-refractivity contribution >= 4 is 17.5 Å². The number of likely N-dealkylation sites (N-methyl/N-ethyl adjacent to an activating group) is 1. The van der Waals surface area contributed by atoms with Crippen LogP contribution in [0.5, 0.6) is 0 Å². The summed E-state index contributed by atoms with van der Waals surface area (Å²) in [6, 6.07) is 7.63. The van der Waals surface area contributed by atoms with Crippen molar-refractivity contribution in [2.75, 3.05) is 33.9 Å². The van der Waals surface area contributed by atoms with Crippen LogP contribution in [0.1, 0.15) is 37.7 Å². The van der Waals surface area contributed by atoms with Crippen molar-refractivity contribution in [1.82, 2.24) is 20.0 Å². The molecule has 1 atom stereocenters. The molecule has 1 aromatic carbocycles. The number of nitrogens with zero attached hydrogens (tertiary/aromatic N) is 3. The average Bonchev–Trinajstić information content (AvgIpc) is 3.44. The highest BCUT2D eigenvalue weighted by Crippen LogP contribution is 2.30. The molecule has 32 heavy (non-hydrogen) atoms. The Labute approximate surface area is 196 Å². The second-order valence-electron chi connectivity index (χ2n) is 8.53. The molecule has 176 valence electrons. The SMILES string of the molecule is C=CN(C)C1=C(C(=O)N(C)CCCO)N(Cc2ccc(Cl)cc2)C(OCC2CCCC2)N1. The van der Waals surface area contributed by atoms with Gasteiger partial charge in [0.2, 0.25) is 6.35 Å². The zero-order valence-electron chi connectivity index (χ0n) is 19.1. The van der Waals surface area contributed by atoms with E-state index in [-0.39, 0.29) is 12.5 Å². The van der Waals surface area contributed by atoms with Gasteiger partial charge in [-0.25, -0.2) is 0 Å². The van der Waals surface area contributed by atoms with Crippen molar-refractivity contribution in [3.63, 3.8) is 0 Å². The Morgan fingerprint density at radius 1 is 1.31 bits per heavy atom. The van der Waals surface area contributed by atoms with Gasteiger partial charge in [-0.15, -0.1) is 0 Å². The first kappa shape index (κ1) is 24.4. The van der Waals surface area contributed by atoms with Crippen LogP contribution in [-0.4, -0.2) is 65.9 Å². The predicted molar refractivity (Wildman–Crippen MR) is 126 cm³/mol. The normalized spacial score (nSPS) is 18.8. The Morgan fingerprint density at radius 2 is 2.00 bits per heavy atom. The lowest BCUT2D eigenvalue weighted by Crippen LogP contribution is -2.43. The average molecular weight is 463 g/mol. The largest absolute Gasteiger partial charge is 0.396 e. The molecule has 1 amide bonds. The predicted octanol–water partition coefficient (Wildman–Crippen LogP) is 3.32. The zero-order chi connectivity index (χ0) is 23.1. The van der Waals surface area contributed by atoms with E-state index < -0.39 is 6.35 Å². The van der Waals surface area contributed by atoms with E-state index in [4.69, 9.17) is 16.3 Å². The second kappa shape index (κ2) is 11.6. The van der Waals surface area contributed by atoms with Crippen LogP contribution in [-0.2, 0) is 16.1 Å². The van der Waals surface area contributed by atoms with Crippen LogP contribution in [0.15, 0.2) is 48.6 Å². The van der Waals surface area contributed by atoms with Gasteiger partial charge in [-0.1, -0.05) is 43.2 Å². The second-order valence-corrected chi connectivity index (χ2v) is 8.97. The third kappa shape index (κ3) is 5.97. The van der Waals surface area contributed by atoms with Gasteiger partial charge in [0, 0.05) is 38.8 Å². The van der Waals surface area contributed by atoms with E-state index in [2.05, 4.69) is 11.9 Å². The molecule has 8 heteroatoms. The monoisotopic (exact) mass is 462 g/mol. The summed E-state index contributed by atoms with van der Waals surface area (Å²) in [6.07, 6.45) is 6.61. The lowest BCUT2D eigenvalue weighted by atomic mass is 10.1. The van der Waals surface area contributed by atoms with Gasteiger partial charge in [0.1, 0.15) is 11.5 Å². The first-order valence-corrected chi connectivity index (χ1v) is 11.7. The van der Waals surface area contributed by atoms with Crippen molar-refractivity contribution in [3.8, 4) is 0 Å². The Kier molecular flexibility index (Phi) is 8.84. The zero-order valence-corrected chi connectivity index (χ0v) is 19.9. The molecule has 0 radical (unpaired) electrons. The Hall–Kier alpha value is -2.22. The number of rotatable bonds is 11. The number of aliphatic hydroxyl groups excluding tert-OH is 1. The molecule has 1 heterocycles. The number of carbonyl (C=O) groups is 1. The molecule has 1 aliphatic carbocycles. The topological polar surface area (TPSA) is 68.3 Å². The maximum Gasteiger partial charge on any atom is 0.273 e. The van der Waals surface area contributed by atoms with Crippen molar-refractivity contribution in [3.05, 3.63) is 59.1 Å². The van der Waals surface area contributed by atoms with Crippen molar-refractivity contribution in [1.29, 1.82) is 0 Å². The number of hydrogen-bond donors (Lipinski definition) is 2. The molecular weight excluding hydrogens is 428 g/mol. The molecule has 1 fully saturated rings. The molecule has 1 aromatic rings. The van der Waals surface area contributed by atoms with Crippen LogP contribution >= 0.6 is 11.6 Å². The Bertz CT molecular complexity index is 808.